The highest BCUT2D eigenvalue weighted by molar-refractivity contribution is 9.10. The predicted molar refractivity (Wildman–Crippen MR) is 72.0 cm³/mol. The lowest BCUT2D eigenvalue weighted by molar-refractivity contribution is 0.0782. The Kier molecular flexibility index (Phi) is 4.35. The van der Waals surface area contributed by atoms with Crippen LogP contribution >= 0.6 is 15.9 Å². The number of halogens is 2. The predicted octanol–water partition coefficient (Wildman–Crippen LogP) is 2.27. The van der Waals surface area contributed by atoms with Crippen LogP contribution in [0.15, 0.2) is 22.7 Å². The summed E-state index contributed by atoms with van der Waals surface area (Å²) in [6.07, 6.45) is 0.977. The Labute approximate surface area is 114 Å². The van der Waals surface area contributed by atoms with Gasteiger partial charge in [-0.05, 0) is 44.1 Å². The molecule has 0 aromatic heterocycles. The van der Waals surface area contributed by atoms with Crippen molar-refractivity contribution in [3.63, 3.8) is 0 Å². The van der Waals surface area contributed by atoms with Crippen molar-refractivity contribution >= 4 is 21.8 Å². The van der Waals surface area contributed by atoms with Gasteiger partial charge >= 0.3 is 0 Å². The monoisotopic (exact) mass is 314 g/mol. The first-order chi connectivity index (χ1) is 8.61. The average molecular weight is 315 g/mol. The van der Waals surface area contributed by atoms with E-state index in [9.17, 15) is 9.18 Å². The fourth-order valence-corrected chi connectivity index (χ4v) is 2.64. The molecule has 0 aliphatic carbocycles. The summed E-state index contributed by atoms with van der Waals surface area (Å²) in [5.74, 6) is -0.206. The van der Waals surface area contributed by atoms with Gasteiger partial charge in [0.15, 0.2) is 0 Å². The van der Waals surface area contributed by atoms with Crippen LogP contribution < -0.4 is 5.32 Å². The molecule has 1 N–H and O–H groups in total. The lowest BCUT2D eigenvalue weighted by Crippen LogP contribution is -2.30. The molecule has 98 valence electrons. The molecule has 1 fully saturated rings. The van der Waals surface area contributed by atoms with Crippen molar-refractivity contribution in [2.24, 2.45) is 5.92 Å². The SMILES string of the molecule is CNCC1CCN(C(=O)c2ccc(Br)cc2F)C1. The zero-order valence-corrected chi connectivity index (χ0v) is 11.8. The zero-order valence-electron chi connectivity index (χ0n) is 10.2. The number of nitrogens with zero attached hydrogens (tertiary/aromatic N) is 1. The Morgan fingerprint density at radius 1 is 1.61 bits per heavy atom. The van der Waals surface area contributed by atoms with Crippen LogP contribution in [0.4, 0.5) is 4.39 Å². The normalized spacial score (nSPS) is 19.3. The van der Waals surface area contributed by atoms with E-state index in [1.165, 1.54) is 12.1 Å². The second kappa shape index (κ2) is 5.80. The van der Waals surface area contributed by atoms with Gasteiger partial charge in [0.05, 0.1) is 5.56 Å². The van der Waals surface area contributed by atoms with E-state index in [1.807, 2.05) is 7.05 Å². The van der Waals surface area contributed by atoms with Gasteiger partial charge in [0.1, 0.15) is 5.82 Å². The minimum Gasteiger partial charge on any atom is -0.338 e. The molecular formula is C13H16BrFN2O. The first-order valence-electron chi connectivity index (χ1n) is 6.00. The molecule has 1 heterocycles. The number of hydrogen-bond acceptors (Lipinski definition) is 2. The lowest BCUT2D eigenvalue weighted by atomic mass is 10.1. The van der Waals surface area contributed by atoms with Crippen molar-refractivity contribution in [2.45, 2.75) is 6.42 Å². The van der Waals surface area contributed by atoms with Crippen LogP contribution in [0.1, 0.15) is 16.8 Å². The maximum atomic E-state index is 13.7. The number of rotatable bonds is 3. The highest BCUT2D eigenvalue weighted by Crippen LogP contribution is 2.21. The minimum atomic E-state index is -0.466. The van der Waals surface area contributed by atoms with Gasteiger partial charge in [0.25, 0.3) is 5.91 Å². The van der Waals surface area contributed by atoms with Gasteiger partial charge in [-0.3, -0.25) is 4.79 Å². The van der Waals surface area contributed by atoms with E-state index in [-0.39, 0.29) is 11.5 Å². The summed E-state index contributed by atoms with van der Waals surface area (Å²) in [5, 5.41) is 3.11. The van der Waals surface area contributed by atoms with Crippen molar-refractivity contribution in [3.8, 4) is 0 Å². The van der Waals surface area contributed by atoms with Crippen LogP contribution in [-0.2, 0) is 0 Å². The third kappa shape index (κ3) is 2.90. The molecule has 0 bridgehead atoms. The molecule has 1 aromatic carbocycles. The number of carbonyl (C=O) groups is 1. The third-order valence-electron chi connectivity index (χ3n) is 3.23. The van der Waals surface area contributed by atoms with E-state index in [1.54, 1.807) is 11.0 Å². The van der Waals surface area contributed by atoms with Crippen molar-refractivity contribution in [2.75, 3.05) is 26.7 Å². The van der Waals surface area contributed by atoms with Gasteiger partial charge in [-0.1, -0.05) is 15.9 Å². The van der Waals surface area contributed by atoms with Crippen LogP contribution in [0.3, 0.4) is 0 Å². The number of hydrogen-bond donors (Lipinski definition) is 1. The minimum absolute atomic E-state index is 0.156. The molecule has 1 aliphatic rings. The van der Waals surface area contributed by atoms with Crippen molar-refractivity contribution < 1.29 is 9.18 Å². The molecule has 2 rings (SSSR count). The standard InChI is InChI=1S/C13H16BrFN2O/c1-16-7-9-4-5-17(8-9)13(18)11-3-2-10(14)6-12(11)15/h2-3,6,9,16H,4-5,7-8H2,1H3. The molecule has 1 aromatic rings. The summed E-state index contributed by atoms with van der Waals surface area (Å²) in [4.78, 5) is 13.9. The second-order valence-electron chi connectivity index (χ2n) is 4.59. The van der Waals surface area contributed by atoms with Crippen molar-refractivity contribution in [1.29, 1.82) is 0 Å². The first kappa shape index (κ1) is 13.5. The average Bonchev–Trinajstić information content (AvgIpc) is 2.77. The molecule has 1 unspecified atom stereocenters. The number of nitrogens with one attached hydrogen (secondary N) is 1. The van der Waals surface area contributed by atoms with Crippen molar-refractivity contribution in [3.05, 3.63) is 34.1 Å². The van der Waals surface area contributed by atoms with Gasteiger partial charge in [0.2, 0.25) is 0 Å². The summed E-state index contributed by atoms with van der Waals surface area (Å²) in [5.41, 5.74) is 0.156. The maximum absolute atomic E-state index is 13.7. The van der Waals surface area contributed by atoms with Crippen LogP contribution in [0.25, 0.3) is 0 Å². The van der Waals surface area contributed by atoms with Crippen LogP contribution in [0.2, 0.25) is 0 Å². The number of amides is 1. The first-order valence-corrected chi connectivity index (χ1v) is 6.80. The molecule has 1 amide bonds. The Morgan fingerprint density at radius 3 is 3.06 bits per heavy atom. The molecule has 0 spiro atoms. The van der Waals surface area contributed by atoms with Crippen molar-refractivity contribution in [1.82, 2.24) is 10.2 Å². The molecule has 5 heteroatoms. The van der Waals surface area contributed by atoms with Gasteiger partial charge in [0, 0.05) is 17.6 Å². The highest BCUT2D eigenvalue weighted by Gasteiger charge is 2.27. The summed E-state index contributed by atoms with van der Waals surface area (Å²) >= 11 is 3.19. The summed E-state index contributed by atoms with van der Waals surface area (Å²) in [7, 11) is 1.90. The summed E-state index contributed by atoms with van der Waals surface area (Å²) in [6, 6.07) is 4.55. The van der Waals surface area contributed by atoms with E-state index in [0.717, 1.165) is 13.0 Å². The maximum Gasteiger partial charge on any atom is 0.256 e. The lowest BCUT2D eigenvalue weighted by Gasteiger charge is -2.17. The largest absolute Gasteiger partial charge is 0.338 e. The summed E-state index contributed by atoms with van der Waals surface area (Å²) in [6.45, 7) is 2.31. The number of carbonyl (C=O) groups excluding carboxylic acids is 1. The van der Waals surface area contributed by atoms with E-state index >= 15 is 0 Å². The molecular weight excluding hydrogens is 299 g/mol. The highest BCUT2D eigenvalue weighted by atomic mass is 79.9. The molecule has 1 aliphatic heterocycles. The van der Waals surface area contributed by atoms with E-state index in [4.69, 9.17) is 0 Å². The molecule has 18 heavy (non-hydrogen) atoms. The molecule has 3 nitrogen and oxygen atoms in total. The Morgan fingerprint density at radius 2 is 2.39 bits per heavy atom. The Balaban J connectivity index is 2.08. The Bertz CT molecular complexity index is 453. The molecule has 0 radical (unpaired) electrons. The quantitative estimate of drug-likeness (QED) is 0.928. The fourth-order valence-electron chi connectivity index (χ4n) is 2.31. The van der Waals surface area contributed by atoms with E-state index in [2.05, 4.69) is 21.2 Å². The molecule has 1 atom stereocenters. The molecule has 1 saturated heterocycles. The van der Waals surface area contributed by atoms with Gasteiger partial charge in [-0.2, -0.15) is 0 Å². The van der Waals surface area contributed by atoms with Gasteiger partial charge < -0.3 is 10.2 Å². The fraction of sp³-hybridized carbons (Fsp3) is 0.462. The number of likely N-dealkylation sites (tertiary alicyclic amines) is 1. The topological polar surface area (TPSA) is 32.3 Å². The van der Waals surface area contributed by atoms with Crippen LogP contribution in [0.5, 0.6) is 0 Å². The van der Waals surface area contributed by atoms with E-state index in [0.29, 0.717) is 23.5 Å². The van der Waals surface area contributed by atoms with E-state index < -0.39 is 5.82 Å². The van der Waals surface area contributed by atoms with Crippen LogP contribution in [-0.4, -0.2) is 37.5 Å². The van der Waals surface area contributed by atoms with Crippen LogP contribution in [0, 0.1) is 11.7 Å². The summed E-state index contributed by atoms with van der Waals surface area (Å²) < 4.78 is 14.4. The van der Waals surface area contributed by atoms with Gasteiger partial charge in [-0.25, -0.2) is 4.39 Å². The number of benzene rings is 1. The Hall–Kier alpha value is -0.940. The molecule has 0 saturated carbocycles. The smallest absolute Gasteiger partial charge is 0.256 e. The third-order valence-corrected chi connectivity index (χ3v) is 3.72. The van der Waals surface area contributed by atoms with Gasteiger partial charge in [-0.15, -0.1) is 0 Å². The zero-order chi connectivity index (χ0) is 13.1. The second-order valence-corrected chi connectivity index (χ2v) is 5.50.